The second kappa shape index (κ2) is 8.41. The van der Waals surface area contributed by atoms with Gasteiger partial charge in [0.2, 0.25) is 0 Å². The Balaban J connectivity index is 1.52. The van der Waals surface area contributed by atoms with Gasteiger partial charge in [-0.05, 0) is 81.8 Å². The van der Waals surface area contributed by atoms with Crippen molar-refractivity contribution in [2.24, 2.45) is 0 Å². The summed E-state index contributed by atoms with van der Waals surface area (Å²) in [5.41, 5.74) is 10.3. The van der Waals surface area contributed by atoms with Crippen molar-refractivity contribution in [2.45, 2.75) is 65.3 Å². The Kier molecular flexibility index (Phi) is 5.64. The summed E-state index contributed by atoms with van der Waals surface area (Å²) < 4.78 is 1.59. The predicted octanol–water partition coefficient (Wildman–Crippen LogP) is 7.88. The third-order valence-corrected chi connectivity index (χ3v) is 13.9. The summed E-state index contributed by atoms with van der Waals surface area (Å²) >= 11 is 2.02. The first-order valence-corrected chi connectivity index (χ1v) is 18.1. The van der Waals surface area contributed by atoms with Gasteiger partial charge < -0.3 is 0 Å². The molecule has 3 aliphatic rings. The van der Waals surface area contributed by atoms with E-state index in [1.165, 1.54) is 43.5 Å². The minimum atomic E-state index is -0.991. The highest BCUT2D eigenvalue weighted by Gasteiger charge is 2.36. The summed E-state index contributed by atoms with van der Waals surface area (Å²) in [6.45, 7) is 18.9. The van der Waals surface area contributed by atoms with Gasteiger partial charge >= 0.3 is 0 Å². The molecule has 2 aromatic carbocycles. The average Bonchev–Trinajstić information content (AvgIpc) is 3.51. The largest absolute Gasteiger partial charge is 0.141 e. The van der Waals surface area contributed by atoms with Crippen LogP contribution in [0.15, 0.2) is 65.1 Å². The fourth-order valence-electron chi connectivity index (χ4n) is 6.16. The third-order valence-electron chi connectivity index (χ3n) is 7.88. The molecular formula is C33H36S2Si. The number of thiophene rings is 1. The summed E-state index contributed by atoms with van der Waals surface area (Å²) in [5, 5.41) is 3.71. The van der Waals surface area contributed by atoms with Crippen molar-refractivity contribution in [1.82, 2.24) is 0 Å². The molecule has 0 fully saturated rings. The molecule has 0 radical (unpaired) electrons. The van der Waals surface area contributed by atoms with Gasteiger partial charge in [-0.2, -0.15) is 0 Å². The van der Waals surface area contributed by atoms with Crippen LogP contribution in [0.2, 0.25) is 13.1 Å². The zero-order valence-corrected chi connectivity index (χ0v) is 25.5. The molecule has 3 aromatic rings. The molecule has 0 amide bonds. The van der Waals surface area contributed by atoms with E-state index in [2.05, 4.69) is 115 Å². The predicted molar refractivity (Wildman–Crippen MR) is 167 cm³/mol. The van der Waals surface area contributed by atoms with E-state index in [4.69, 9.17) is 0 Å². The first-order chi connectivity index (χ1) is 17.1. The molecule has 0 saturated heterocycles. The Labute approximate surface area is 224 Å². The van der Waals surface area contributed by atoms with Gasteiger partial charge in [0.05, 0.1) is 14.0 Å². The highest BCUT2D eigenvalue weighted by molar-refractivity contribution is 8.21. The van der Waals surface area contributed by atoms with Crippen molar-refractivity contribution in [1.29, 1.82) is 0 Å². The van der Waals surface area contributed by atoms with Crippen LogP contribution in [0.5, 0.6) is 0 Å². The Hall–Kier alpha value is -2.20. The zero-order valence-electron chi connectivity index (χ0n) is 22.7. The Morgan fingerprint density at radius 2 is 1.64 bits per heavy atom. The molecule has 0 N–H and O–H groups in total. The van der Waals surface area contributed by atoms with E-state index in [1.807, 2.05) is 11.3 Å². The van der Waals surface area contributed by atoms with Crippen LogP contribution in [0.3, 0.4) is 0 Å². The highest BCUT2D eigenvalue weighted by Crippen LogP contribution is 2.57. The van der Waals surface area contributed by atoms with Gasteiger partial charge in [-0.3, -0.25) is 0 Å². The molecule has 2 atom stereocenters. The summed E-state index contributed by atoms with van der Waals surface area (Å²) in [6, 6.07) is 18.7. The summed E-state index contributed by atoms with van der Waals surface area (Å²) in [5.74, 6) is 0. The van der Waals surface area contributed by atoms with E-state index in [-0.39, 0.29) is 15.9 Å². The highest BCUT2D eigenvalue weighted by atomic mass is 32.2. The van der Waals surface area contributed by atoms with Gasteiger partial charge in [0, 0.05) is 19.5 Å². The fraction of sp³-hybridized carbons (Fsp3) is 0.303. The first-order valence-electron chi connectivity index (χ1n) is 13.1. The molecule has 1 aliphatic heterocycles. The van der Waals surface area contributed by atoms with Crippen molar-refractivity contribution >= 4 is 52.3 Å². The van der Waals surface area contributed by atoms with Crippen LogP contribution >= 0.6 is 21.8 Å². The average molecular weight is 525 g/mol. The maximum absolute atomic E-state index is 2.54. The van der Waals surface area contributed by atoms with Gasteiger partial charge in [0.15, 0.2) is 0 Å². The Morgan fingerprint density at radius 1 is 0.917 bits per heavy atom. The number of rotatable bonds is 3. The maximum Gasteiger partial charge on any atom is 0.0681 e. The minimum absolute atomic E-state index is 0.0905. The fourth-order valence-corrected chi connectivity index (χ4v) is 13.4. The second-order valence-corrected chi connectivity index (χ2v) is 18.3. The van der Waals surface area contributed by atoms with Crippen LogP contribution in [0.4, 0.5) is 0 Å². The van der Waals surface area contributed by atoms with E-state index in [0.29, 0.717) is 5.25 Å². The van der Waals surface area contributed by atoms with Crippen LogP contribution in [-0.4, -0.2) is 13.7 Å². The van der Waals surface area contributed by atoms with Gasteiger partial charge in [-0.25, -0.2) is 0 Å². The van der Waals surface area contributed by atoms with Gasteiger partial charge in [0.25, 0.3) is 0 Å². The third kappa shape index (κ3) is 3.58. The molecule has 36 heavy (non-hydrogen) atoms. The topological polar surface area (TPSA) is 0 Å². The number of fused-ring (bicyclic) bond motifs is 3. The smallest absolute Gasteiger partial charge is 0.0681 e. The SMILES string of the molecule is CC1=Cc2c(-c3ccc(C(C)(C)C)cc3)cccc2C1S1=C2C(=c3cc(C)sc3=C2[SiH](C)C)C=C1C. The van der Waals surface area contributed by atoms with E-state index >= 15 is 0 Å². The normalized spacial score (nSPS) is 20.6. The lowest BCUT2D eigenvalue weighted by Crippen LogP contribution is -2.22. The zero-order chi connectivity index (χ0) is 25.5. The molecule has 2 heterocycles. The standard InChI is InChI=1S/C33H36S2Si/c1-19-16-26-24(22-12-14-23(15-13-22)33(4,5)6)10-9-11-25(26)30(19)35-21(3)18-28-27-17-20(2)34-29(27)32(31(28)35)36(7)8/h9-18,30,36H,1-8H3. The molecule has 2 aliphatic carbocycles. The molecular weight excluding hydrogens is 489 g/mol. The first kappa shape index (κ1) is 24.2. The van der Waals surface area contributed by atoms with Crippen LogP contribution in [0, 0.1) is 6.92 Å². The van der Waals surface area contributed by atoms with Crippen molar-refractivity contribution in [3.8, 4) is 11.1 Å². The molecule has 0 nitrogen and oxygen atoms in total. The van der Waals surface area contributed by atoms with Crippen LogP contribution in [0.1, 0.15) is 61.4 Å². The number of hydrogen-bond acceptors (Lipinski definition) is 1. The van der Waals surface area contributed by atoms with E-state index in [9.17, 15) is 0 Å². The van der Waals surface area contributed by atoms with Gasteiger partial charge in [-0.15, -0.1) is 21.8 Å². The molecule has 3 heteroatoms. The quantitative estimate of drug-likeness (QED) is 0.241. The summed E-state index contributed by atoms with van der Waals surface area (Å²) in [4.78, 5) is 4.70. The van der Waals surface area contributed by atoms with Crippen LogP contribution in [-0.2, 0) is 5.41 Å². The number of hydrogen-bond donors (Lipinski definition) is 0. The molecule has 1 aromatic heterocycles. The number of benzene rings is 2. The Bertz CT molecular complexity index is 1650. The van der Waals surface area contributed by atoms with E-state index < -0.39 is 8.80 Å². The van der Waals surface area contributed by atoms with E-state index in [0.717, 1.165) is 0 Å². The molecule has 0 saturated carbocycles. The molecule has 0 spiro atoms. The second-order valence-electron chi connectivity index (χ2n) is 11.9. The Morgan fingerprint density at radius 3 is 2.31 bits per heavy atom. The summed E-state index contributed by atoms with van der Waals surface area (Å²) in [6.07, 6.45) is 5.03. The van der Waals surface area contributed by atoms with Crippen molar-refractivity contribution in [3.05, 3.63) is 96.4 Å². The molecule has 6 rings (SSSR count). The minimum Gasteiger partial charge on any atom is -0.141 e. The molecule has 2 unspecified atom stereocenters. The lowest BCUT2D eigenvalue weighted by Gasteiger charge is -2.24. The van der Waals surface area contributed by atoms with Crippen molar-refractivity contribution in [3.63, 3.8) is 0 Å². The molecule has 0 bridgehead atoms. The van der Waals surface area contributed by atoms with E-state index in [1.54, 1.807) is 25.1 Å². The monoisotopic (exact) mass is 524 g/mol. The summed E-state index contributed by atoms with van der Waals surface area (Å²) in [7, 11) is -0.900. The maximum atomic E-state index is 2.54. The lowest BCUT2D eigenvalue weighted by molar-refractivity contribution is 0.590. The van der Waals surface area contributed by atoms with Gasteiger partial charge in [0.1, 0.15) is 0 Å². The van der Waals surface area contributed by atoms with Crippen molar-refractivity contribution in [2.75, 3.05) is 0 Å². The molecule has 184 valence electrons. The van der Waals surface area contributed by atoms with Crippen LogP contribution in [0.25, 0.3) is 28.0 Å². The van der Waals surface area contributed by atoms with Crippen molar-refractivity contribution < 1.29 is 0 Å². The number of allylic oxidation sites excluding steroid dienone is 2. The van der Waals surface area contributed by atoms with Crippen LogP contribution < -0.4 is 9.75 Å². The van der Waals surface area contributed by atoms with Gasteiger partial charge in [-0.1, -0.05) is 88.0 Å². The lowest BCUT2D eigenvalue weighted by atomic mass is 9.86. The number of aryl methyl sites for hydroxylation is 1.